The zero-order chi connectivity index (χ0) is 23.2. The summed E-state index contributed by atoms with van der Waals surface area (Å²) in [5, 5.41) is 6.60. The van der Waals surface area contributed by atoms with Crippen molar-refractivity contribution in [2.45, 2.75) is 13.5 Å². The number of rotatable bonds is 7. The van der Waals surface area contributed by atoms with Gasteiger partial charge in [-0.05, 0) is 42.4 Å². The maximum Gasteiger partial charge on any atom is 0.254 e. The van der Waals surface area contributed by atoms with Crippen molar-refractivity contribution in [3.05, 3.63) is 76.7 Å². The summed E-state index contributed by atoms with van der Waals surface area (Å²) < 4.78 is 13.4. The third kappa shape index (κ3) is 5.97. The van der Waals surface area contributed by atoms with Crippen LogP contribution in [-0.2, 0) is 6.54 Å². The van der Waals surface area contributed by atoms with Crippen molar-refractivity contribution in [2.75, 3.05) is 43.4 Å². The van der Waals surface area contributed by atoms with Crippen molar-refractivity contribution in [3.8, 4) is 0 Å². The Morgan fingerprint density at radius 3 is 2.67 bits per heavy atom. The maximum absolute atomic E-state index is 13.4. The molecule has 0 unspecified atom stereocenters. The highest BCUT2D eigenvalue weighted by Crippen LogP contribution is 2.23. The predicted octanol–water partition coefficient (Wildman–Crippen LogP) is 4.40. The second kappa shape index (κ2) is 10.6. The standard InChI is InChI=1S/C24H26ClFN6O/c1-2-31-9-11-32(12-10-31)23(33)18-6-4-8-20(14-18)29-24-28-16-21(25)22(30-24)27-15-17-5-3-7-19(26)13-17/h3-8,13-14,16H,2,9-12,15H2,1H3,(H2,27,28,29,30). The van der Waals surface area contributed by atoms with Crippen molar-refractivity contribution in [3.63, 3.8) is 0 Å². The van der Waals surface area contributed by atoms with Crippen LogP contribution in [0.3, 0.4) is 0 Å². The van der Waals surface area contributed by atoms with Crippen LogP contribution in [0.2, 0.25) is 5.02 Å². The topological polar surface area (TPSA) is 73.4 Å². The van der Waals surface area contributed by atoms with Gasteiger partial charge in [-0.3, -0.25) is 4.79 Å². The molecule has 1 aliphatic heterocycles. The number of amides is 1. The van der Waals surface area contributed by atoms with Crippen molar-refractivity contribution in [1.82, 2.24) is 19.8 Å². The van der Waals surface area contributed by atoms with Gasteiger partial charge in [-0.15, -0.1) is 0 Å². The average Bonchev–Trinajstić information content (AvgIpc) is 2.84. The first kappa shape index (κ1) is 22.9. The third-order valence-electron chi connectivity index (χ3n) is 5.57. The Morgan fingerprint density at radius 1 is 1.12 bits per heavy atom. The Labute approximate surface area is 197 Å². The van der Waals surface area contributed by atoms with Gasteiger partial charge in [0.15, 0.2) is 5.82 Å². The van der Waals surface area contributed by atoms with Crippen LogP contribution in [0.1, 0.15) is 22.8 Å². The van der Waals surface area contributed by atoms with Gasteiger partial charge in [0.2, 0.25) is 5.95 Å². The lowest BCUT2D eigenvalue weighted by Gasteiger charge is -2.34. The number of halogens is 2. The largest absolute Gasteiger partial charge is 0.365 e. The van der Waals surface area contributed by atoms with Gasteiger partial charge in [-0.1, -0.05) is 36.7 Å². The van der Waals surface area contributed by atoms with Crippen LogP contribution < -0.4 is 10.6 Å². The minimum atomic E-state index is -0.299. The number of nitrogens with one attached hydrogen (secondary N) is 2. The van der Waals surface area contributed by atoms with Crippen LogP contribution in [0.25, 0.3) is 0 Å². The molecule has 4 rings (SSSR count). The summed E-state index contributed by atoms with van der Waals surface area (Å²) in [6.45, 7) is 6.74. The molecule has 2 heterocycles. The molecular weight excluding hydrogens is 443 g/mol. The molecule has 1 saturated heterocycles. The molecule has 2 N–H and O–H groups in total. The zero-order valence-electron chi connectivity index (χ0n) is 18.4. The van der Waals surface area contributed by atoms with Crippen LogP contribution >= 0.6 is 11.6 Å². The smallest absolute Gasteiger partial charge is 0.254 e. The highest BCUT2D eigenvalue weighted by Gasteiger charge is 2.21. The van der Waals surface area contributed by atoms with Gasteiger partial charge >= 0.3 is 0 Å². The molecule has 0 aliphatic carbocycles. The Hall–Kier alpha value is -3.23. The third-order valence-corrected chi connectivity index (χ3v) is 5.84. The molecule has 0 atom stereocenters. The normalized spacial score (nSPS) is 14.2. The fraction of sp³-hybridized carbons (Fsp3) is 0.292. The quantitative estimate of drug-likeness (QED) is 0.535. The van der Waals surface area contributed by atoms with Crippen molar-refractivity contribution in [2.24, 2.45) is 0 Å². The zero-order valence-corrected chi connectivity index (χ0v) is 19.1. The Balaban J connectivity index is 1.42. The molecule has 1 amide bonds. The lowest BCUT2D eigenvalue weighted by Crippen LogP contribution is -2.48. The summed E-state index contributed by atoms with van der Waals surface area (Å²) in [5.74, 6) is 0.484. The Morgan fingerprint density at radius 2 is 1.91 bits per heavy atom. The summed E-state index contributed by atoms with van der Waals surface area (Å²) in [4.78, 5) is 25.8. The number of likely N-dealkylation sites (N-methyl/N-ethyl adjacent to an activating group) is 1. The average molecular weight is 469 g/mol. The fourth-order valence-electron chi connectivity index (χ4n) is 3.69. The number of hydrogen-bond donors (Lipinski definition) is 2. The minimum absolute atomic E-state index is 0.0175. The van der Waals surface area contributed by atoms with Crippen molar-refractivity contribution >= 4 is 35.0 Å². The number of nitrogens with zero attached hydrogens (tertiary/aromatic N) is 4. The molecule has 1 aromatic heterocycles. The van der Waals surface area contributed by atoms with E-state index < -0.39 is 0 Å². The van der Waals surface area contributed by atoms with Gasteiger partial charge in [0.25, 0.3) is 5.91 Å². The number of carbonyl (C=O) groups is 1. The molecule has 1 fully saturated rings. The Kier molecular flexibility index (Phi) is 7.36. The predicted molar refractivity (Wildman–Crippen MR) is 129 cm³/mol. The molecule has 9 heteroatoms. The van der Waals surface area contributed by atoms with Crippen LogP contribution in [0, 0.1) is 5.82 Å². The van der Waals surface area contributed by atoms with E-state index in [1.165, 1.54) is 18.3 Å². The molecule has 3 aromatic rings. The van der Waals surface area contributed by atoms with Gasteiger partial charge in [0.1, 0.15) is 10.8 Å². The van der Waals surface area contributed by atoms with E-state index in [1.807, 2.05) is 29.2 Å². The maximum atomic E-state index is 13.4. The monoisotopic (exact) mass is 468 g/mol. The molecule has 0 bridgehead atoms. The van der Waals surface area contributed by atoms with E-state index >= 15 is 0 Å². The first-order valence-electron chi connectivity index (χ1n) is 10.9. The SMILES string of the molecule is CCN1CCN(C(=O)c2cccc(Nc3ncc(Cl)c(NCc4cccc(F)c4)n3)c2)CC1. The van der Waals surface area contributed by atoms with Crippen molar-refractivity contribution in [1.29, 1.82) is 0 Å². The van der Waals surface area contributed by atoms with Gasteiger partial charge < -0.3 is 20.4 Å². The molecule has 0 radical (unpaired) electrons. The van der Waals surface area contributed by atoms with Crippen LogP contribution in [0.5, 0.6) is 0 Å². The summed E-state index contributed by atoms with van der Waals surface area (Å²) in [6, 6.07) is 13.6. The lowest BCUT2D eigenvalue weighted by atomic mass is 10.1. The number of benzene rings is 2. The summed E-state index contributed by atoms with van der Waals surface area (Å²) in [5.41, 5.74) is 2.08. The fourth-order valence-corrected chi connectivity index (χ4v) is 3.85. The molecule has 33 heavy (non-hydrogen) atoms. The van der Waals surface area contributed by atoms with Gasteiger partial charge in [0, 0.05) is 44.0 Å². The van der Waals surface area contributed by atoms with E-state index in [1.54, 1.807) is 12.1 Å². The van der Waals surface area contributed by atoms with Gasteiger partial charge in [-0.2, -0.15) is 4.98 Å². The van der Waals surface area contributed by atoms with E-state index in [0.29, 0.717) is 34.6 Å². The molecular formula is C24H26ClFN6O. The number of carbonyl (C=O) groups excluding carboxylic acids is 1. The minimum Gasteiger partial charge on any atom is -0.365 e. The number of hydrogen-bond acceptors (Lipinski definition) is 6. The number of piperazine rings is 1. The van der Waals surface area contributed by atoms with E-state index in [9.17, 15) is 9.18 Å². The Bertz CT molecular complexity index is 1120. The van der Waals surface area contributed by atoms with E-state index in [4.69, 9.17) is 11.6 Å². The van der Waals surface area contributed by atoms with E-state index in [-0.39, 0.29) is 11.7 Å². The number of anilines is 3. The van der Waals surface area contributed by atoms with Crippen LogP contribution in [0.4, 0.5) is 21.8 Å². The first-order valence-corrected chi connectivity index (χ1v) is 11.3. The molecule has 7 nitrogen and oxygen atoms in total. The summed E-state index contributed by atoms with van der Waals surface area (Å²) >= 11 is 6.23. The highest BCUT2D eigenvalue weighted by molar-refractivity contribution is 6.32. The number of aromatic nitrogens is 2. The summed E-state index contributed by atoms with van der Waals surface area (Å²) in [6.07, 6.45) is 1.49. The van der Waals surface area contributed by atoms with Gasteiger partial charge in [0.05, 0.1) is 6.20 Å². The molecule has 0 spiro atoms. The van der Waals surface area contributed by atoms with Gasteiger partial charge in [-0.25, -0.2) is 9.37 Å². The lowest BCUT2D eigenvalue weighted by molar-refractivity contribution is 0.0643. The van der Waals surface area contributed by atoms with E-state index in [2.05, 4.69) is 32.4 Å². The van der Waals surface area contributed by atoms with Crippen LogP contribution in [-0.4, -0.2) is 58.4 Å². The summed E-state index contributed by atoms with van der Waals surface area (Å²) in [7, 11) is 0. The molecule has 172 valence electrons. The van der Waals surface area contributed by atoms with E-state index in [0.717, 1.165) is 38.3 Å². The first-order chi connectivity index (χ1) is 16.0. The molecule has 0 saturated carbocycles. The van der Waals surface area contributed by atoms with Crippen molar-refractivity contribution < 1.29 is 9.18 Å². The van der Waals surface area contributed by atoms with Crippen LogP contribution in [0.15, 0.2) is 54.7 Å². The molecule has 1 aliphatic rings. The molecule has 2 aromatic carbocycles. The second-order valence-corrected chi connectivity index (χ2v) is 8.21. The second-order valence-electron chi connectivity index (χ2n) is 7.81. The highest BCUT2D eigenvalue weighted by atomic mass is 35.5.